The smallest absolute Gasteiger partial charge is 0.253 e. The molecule has 4 rings (SSSR count). The summed E-state index contributed by atoms with van der Waals surface area (Å²) in [5.74, 6) is -3.71. The summed E-state index contributed by atoms with van der Waals surface area (Å²) in [6.07, 6.45) is 2.19. The number of carbonyl (C=O) groups is 3. The van der Waals surface area contributed by atoms with Crippen molar-refractivity contribution in [3.63, 3.8) is 0 Å². The van der Waals surface area contributed by atoms with Crippen LogP contribution in [0.5, 0.6) is 0 Å². The van der Waals surface area contributed by atoms with Crippen molar-refractivity contribution in [1.29, 1.82) is 0 Å². The molecule has 1 heterocycles. The van der Waals surface area contributed by atoms with Crippen LogP contribution < -0.4 is 0 Å². The van der Waals surface area contributed by atoms with Gasteiger partial charge in [-0.25, -0.2) is 8.78 Å². The summed E-state index contributed by atoms with van der Waals surface area (Å²) >= 11 is 0. The van der Waals surface area contributed by atoms with Gasteiger partial charge in [0.05, 0.1) is 12.0 Å². The third-order valence-corrected chi connectivity index (χ3v) is 9.00. The second-order valence-electron chi connectivity index (χ2n) is 13.1. The van der Waals surface area contributed by atoms with Crippen molar-refractivity contribution in [3.05, 3.63) is 106 Å². The molecule has 2 amide bonds. The molecule has 0 spiro atoms. The fourth-order valence-corrected chi connectivity index (χ4v) is 6.66. The Bertz CT molecular complexity index is 1510. The zero-order valence-electron chi connectivity index (χ0n) is 28.1. The minimum atomic E-state index is -1.23. The first-order chi connectivity index (χ1) is 22.5. The molecule has 0 radical (unpaired) electrons. The highest BCUT2D eigenvalue weighted by molar-refractivity contribution is 6.01. The number of likely N-dealkylation sites (tertiary alicyclic amines) is 1. The van der Waals surface area contributed by atoms with Crippen LogP contribution in [-0.2, 0) is 17.8 Å². The first-order valence-electron chi connectivity index (χ1n) is 16.9. The molecule has 0 bridgehead atoms. The highest BCUT2D eigenvalue weighted by Gasteiger charge is 2.37. The van der Waals surface area contributed by atoms with Crippen molar-refractivity contribution < 1.29 is 28.3 Å². The van der Waals surface area contributed by atoms with Crippen molar-refractivity contribution in [2.45, 2.75) is 85.3 Å². The summed E-state index contributed by atoms with van der Waals surface area (Å²) in [5.41, 5.74) is 3.91. The summed E-state index contributed by atoms with van der Waals surface area (Å²) in [5, 5.41) is 11.9. The van der Waals surface area contributed by atoms with Gasteiger partial charge < -0.3 is 14.9 Å². The lowest BCUT2D eigenvalue weighted by molar-refractivity contribution is -0.140. The van der Waals surface area contributed by atoms with E-state index in [1.807, 2.05) is 52.0 Å². The Kier molecular flexibility index (Phi) is 12.8. The van der Waals surface area contributed by atoms with E-state index < -0.39 is 29.6 Å². The predicted molar refractivity (Wildman–Crippen MR) is 180 cm³/mol. The van der Waals surface area contributed by atoms with Gasteiger partial charge in [-0.2, -0.15) is 0 Å². The van der Waals surface area contributed by atoms with Gasteiger partial charge in [0.15, 0.2) is 5.78 Å². The average Bonchev–Trinajstić information content (AvgIpc) is 3.21. The summed E-state index contributed by atoms with van der Waals surface area (Å²) in [7, 11) is 0. The lowest BCUT2D eigenvalue weighted by Gasteiger charge is -2.31. The van der Waals surface area contributed by atoms with Crippen LogP contribution in [0.15, 0.2) is 60.7 Å². The maximum atomic E-state index is 14.2. The zero-order valence-corrected chi connectivity index (χ0v) is 28.1. The van der Waals surface area contributed by atoms with Gasteiger partial charge in [0.2, 0.25) is 5.91 Å². The molecule has 8 heteroatoms. The van der Waals surface area contributed by atoms with E-state index in [0.717, 1.165) is 48.4 Å². The predicted octanol–water partition coefficient (Wildman–Crippen LogP) is 7.47. The van der Waals surface area contributed by atoms with Crippen LogP contribution in [0.25, 0.3) is 0 Å². The van der Waals surface area contributed by atoms with Crippen molar-refractivity contribution in [1.82, 2.24) is 9.80 Å². The fourth-order valence-electron chi connectivity index (χ4n) is 6.66. The molecule has 1 aliphatic rings. The molecule has 47 heavy (non-hydrogen) atoms. The number of nitrogens with zero attached hydrogens (tertiary/aromatic N) is 2. The Hall–Kier alpha value is -3.91. The molecule has 1 fully saturated rings. The van der Waals surface area contributed by atoms with Gasteiger partial charge in [0.25, 0.3) is 5.91 Å². The lowest BCUT2D eigenvalue weighted by atomic mass is 9.80. The van der Waals surface area contributed by atoms with Gasteiger partial charge in [-0.3, -0.25) is 14.4 Å². The van der Waals surface area contributed by atoms with Crippen LogP contribution in [0.1, 0.15) is 95.3 Å². The van der Waals surface area contributed by atoms with E-state index in [9.17, 15) is 28.3 Å². The van der Waals surface area contributed by atoms with Crippen LogP contribution >= 0.6 is 0 Å². The third-order valence-electron chi connectivity index (χ3n) is 9.00. The molecule has 1 aliphatic heterocycles. The Morgan fingerprint density at radius 2 is 1.51 bits per heavy atom. The topological polar surface area (TPSA) is 77.9 Å². The van der Waals surface area contributed by atoms with Gasteiger partial charge in [-0.15, -0.1) is 0 Å². The standard InChI is InChI=1S/C39H48F2N2O4/c1-5-14-42(15-6-2)38(46)32-18-27(4)17-30(22-32)36(44)23-31(19-29-20-33(40)24-34(41)21-29)37(45)35-9-7-8-16-43(39(35)47)25-28-12-10-26(3)11-13-28/h10-13,17-18,20-22,24,31,35,37,45H,5-9,14-16,19,23,25H2,1-4H3/t31-,35?,37?/m1/s1. The molecule has 1 N–H and O–H groups in total. The molecule has 6 nitrogen and oxygen atoms in total. The monoisotopic (exact) mass is 646 g/mol. The van der Waals surface area contributed by atoms with E-state index in [0.29, 0.717) is 49.3 Å². The quantitative estimate of drug-likeness (QED) is 0.185. The van der Waals surface area contributed by atoms with E-state index in [2.05, 4.69) is 0 Å². The van der Waals surface area contributed by atoms with Crippen LogP contribution in [-0.4, -0.2) is 58.2 Å². The highest BCUT2D eigenvalue weighted by Crippen LogP contribution is 2.31. The van der Waals surface area contributed by atoms with Crippen molar-refractivity contribution in [2.24, 2.45) is 11.8 Å². The highest BCUT2D eigenvalue weighted by atomic mass is 19.1. The third kappa shape index (κ3) is 9.80. The number of aryl methyl sites for hydroxylation is 2. The molecule has 3 aromatic carbocycles. The Labute approximate surface area is 277 Å². The van der Waals surface area contributed by atoms with Gasteiger partial charge in [0, 0.05) is 49.8 Å². The number of hydrogen-bond donors (Lipinski definition) is 1. The van der Waals surface area contributed by atoms with Crippen LogP contribution in [0.3, 0.4) is 0 Å². The molecule has 2 unspecified atom stereocenters. The molecule has 0 aliphatic carbocycles. The molecule has 0 saturated carbocycles. The first-order valence-corrected chi connectivity index (χ1v) is 16.9. The van der Waals surface area contributed by atoms with Gasteiger partial charge in [-0.05, 0) is 98.9 Å². The van der Waals surface area contributed by atoms with E-state index >= 15 is 0 Å². The normalized spacial score (nSPS) is 16.4. The number of hydrogen-bond acceptors (Lipinski definition) is 4. The molecule has 0 aromatic heterocycles. The Balaban J connectivity index is 1.63. The van der Waals surface area contributed by atoms with E-state index in [4.69, 9.17) is 0 Å². The van der Waals surface area contributed by atoms with Crippen molar-refractivity contribution >= 4 is 17.6 Å². The second-order valence-corrected chi connectivity index (χ2v) is 13.1. The number of ketones is 1. The summed E-state index contributed by atoms with van der Waals surface area (Å²) in [6, 6.07) is 16.2. The zero-order chi connectivity index (χ0) is 34.1. The Morgan fingerprint density at radius 1 is 0.872 bits per heavy atom. The fraction of sp³-hybridized carbons (Fsp3) is 0.462. The van der Waals surface area contributed by atoms with Crippen LogP contribution in [0, 0.1) is 37.3 Å². The Morgan fingerprint density at radius 3 is 2.15 bits per heavy atom. The summed E-state index contributed by atoms with van der Waals surface area (Å²) in [4.78, 5) is 44.8. The molecule has 3 atom stereocenters. The number of halogens is 2. The molecule has 1 saturated heterocycles. The van der Waals surface area contributed by atoms with E-state index in [1.54, 1.807) is 28.0 Å². The molecular formula is C39H48F2N2O4. The molecule has 3 aromatic rings. The number of benzene rings is 3. The largest absolute Gasteiger partial charge is 0.392 e. The summed E-state index contributed by atoms with van der Waals surface area (Å²) < 4.78 is 28.5. The number of Topliss-reactive ketones (excluding diaryl/α,β-unsaturated/α-hetero) is 1. The number of carbonyl (C=O) groups excluding carboxylic acids is 3. The van der Waals surface area contributed by atoms with Crippen LogP contribution in [0.2, 0.25) is 0 Å². The maximum absolute atomic E-state index is 14.2. The molecule has 252 valence electrons. The number of aliphatic hydroxyl groups is 1. The lowest BCUT2D eigenvalue weighted by Crippen LogP contribution is -2.43. The maximum Gasteiger partial charge on any atom is 0.253 e. The van der Waals surface area contributed by atoms with E-state index in [1.165, 1.54) is 12.1 Å². The van der Waals surface area contributed by atoms with Crippen LogP contribution in [0.4, 0.5) is 8.78 Å². The summed E-state index contributed by atoms with van der Waals surface area (Å²) in [6.45, 7) is 10.0. The number of aliphatic hydroxyl groups excluding tert-OH is 1. The number of amides is 2. The van der Waals surface area contributed by atoms with Gasteiger partial charge >= 0.3 is 0 Å². The van der Waals surface area contributed by atoms with Crippen molar-refractivity contribution in [2.75, 3.05) is 19.6 Å². The minimum Gasteiger partial charge on any atom is -0.392 e. The van der Waals surface area contributed by atoms with Gasteiger partial charge in [-0.1, -0.05) is 50.1 Å². The van der Waals surface area contributed by atoms with Gasteiger partial charge in [0.1, 0.15) is 11.6 Å². The first kappa shape index (κ1) is 35.9. The molecular weight excluding hydrogens is 598 g/mol. The van der Waals surface area contributed by atoms with Crippen molar-refractivity contribution in [3.8, 4) is 0 Å². The number of rotatable bonds is 14. The SMILES string of the molecule is CCCN(CCC)C(=O)c1cc(C)cc(C(=O)C[C@@H](Cc2cc(F)cc(F)c2)C(O)C2CCCCN(Cc3ccc(C)cc3)C2=O)c1. The van der Waals surface area contributed by atoms with E-state index in [-0.39, 0.29) is 30.4 Å². The second kappa shape index (κ2) is 16.8. The minimum absolute atomic E-state index is 0.00170. The average molecular weight is 647 g/mol.